The molecule has 1 atom stereocenters. The molecule has 0 radical (unpaired) electrons. The molecule has 19 heavy (non-hydrogen) atoms. The number of aromatic nitrogens is 3. The maximum absolute atomic E-state index is 11.8. The molecule has 0 fully saturated rings. The third kappa shape index (κ3) is 3.10. The Kier molecular flexibility index (Phi) is 3.81. The van der Waals surface area contributed by atoms with Gasteiger partial charge in [-0.1, -0.05) is 0 Å². The monoisotopic (exact) mass is 278 g/mol. The lowest BCUT2D eigenvalue weighted by atomic mass is 10.3. The van der Waals surface area contributed by atoms with Crippen LogP contribution in [0.15, 0.2) is 24.0 Å². The van der Waals surface area contributed by atoms with E-state index in [1.54, 1.807) is 6.92 Å². The number of nitrogens with one attached hydrogen (secondary N) is 1. The van der Waals surface area contributed by atoms with Gasteiger partial charge in [-0.05, 0) is 6.92 Å². The van der Waals surface area contributed by atoms with E-state index in [0.29, 0.717) is 5.01 Å². The van der Waals surface area contributed by atoms with Gasteiger partial charge in [-0.25, -0.2) is 14.8 Å². The minimum atomic E-state index is -1.09. The van der Waals surface area contributed by atoms with E-state index in [9.17, 15) is 9.59 Å². The van der Waals surface area contributed by atoms with Crippen molar-refractivity contribution >= 4 is 23.2 Å². The van der Waals surface area contributed by atoms with Gasteiger partial charge in [0.2, 0.25) is 0 Å². The summed E-state index contributed by atoms with van der Waals surface area (Å²) in [5.41, 5.74) is 0.171. The normalized spacial score (nSPS) is 11.8. The van der Waals surface area contributed by atoms with Crippen LogP contribution >= 0.6 is 11.3 Å². The second-order valence-corrected chi connectivity index (χ2v) is 4.55. The van der Waals surface area contributed by atoms with Crippen LogP contribution in [0.2, 0.25) is 0 Å². The molecule has 0 spiro atoms. The summed E-state index contributed by atoms with van der Waals surface area (Å²) in [5.74, 6) is -1.47. The molecule has 7 nitrogen and oxygen atoms in total. The first-order valence-corrected chi connectivity index (χ1v) is 6.21. The predicted molar refractivity (Wildman–Crippen MR) is 67.0 cm³/mol. The number of aromatic carboxylic acids is 1. The van der Waals surface area contributed by atoms with Crippen LogP contribution in [0, 0.1) is 0 Å². The fourth-order valence-electron chi connectivity index (χ4n) is 1.33. The van der Waals surface area contributed by atoms with Crippen molar-refractivity contribution in [3.63, 3.8) is 0 Å². The molecule has 0 saturated heterocycles. The van der Waals surface area contributed by atoms with Crippen molar-refractivity contribution in [2.75, 3.05) is 0 Å². The molecule has 0 saturated carbocycles. The second kappa shape index (κ2) is 5.53. The average molecular weight is 278 g/mol. The van der Waals surface area contributed by atoms with Crippen molar-refractivity contribution in [2.45, 2.75) is 13.0 Å². The second-order valence-electron chi connectivity index (χ2n) is 3.66. The van der Waals surface area contributed by atoms with E-state index in [0.717, 1.165) is 0 Å². The van der Waals surface area contributed by atoms with Gasteiger partial charge in [0.1, 0.15) is 10.7 Å². The van der Waals surface area contributed by atoms with Crippen molar-refractivity contribution < 1.29 is 14.7 Å². The van der Waals surface area contributed by atoms with Gasteiger partial charge in [0.15, 0.2) is 5.69 Å². The third-order valence-corrected chi connectivity index (χ3v) is 3.28. The summed E-state index contributed by atoms with van der Waals surface area (Å²) < 4.78 is 0. The maximum Gasteiger partial charge on any atom is 0.355 e. The molecule has 2 N–H and O–H groups in total. The highest BCUT2D eigenvalue weighted by molar-refractivity contribution is 7.09. The predicted octanol–water partition coefficient (Wildman–Crippen LogP) is 1.12. The van der Waals surface area contributed by atoms with E-state index in [2.05, 4.69) is 20.3 Å². The molecule has 98 valence electrons. The van der Waals surface area contributed by atoms with Crippen LogP contribution in [0.1, 0.15) is 39.0 Å². The zero-order valence-electron chi connectivity index (χ0n) is 9.90. The molecule has 1 amide bonds. The smallest absolute Gasteiger partial charge is 0.355 e. The standard InChI is InChI=1S/C11H10N4O3S/c1-6(10-15-8(5-19-10)11(17)18)14-9(16)7-4-12-2-3-13-7/h2-6H,1H3,(H,14,16)(H,17,18). The number of thiazole rings is 1. The number of carboxylic acid groups (broad SMARTS) is 1. The van der Waals surface area contributed by atoms with Crippen LogP contribution in [0.25, 0.3) is 0 Å². The SMILES string of the molecule is CC(NC(=O)c1cnccn1)c1nc(C(=O)O)cs1. The van der Waals surface area contributed by atoms with Crippen molar-refractivity contribution in [1.29, 1.82) is 0 Å². The number of hydrogen-bond donors (Lipinski definition) is 2. The molecule has 0 aliphatic heterocycles. The fraction of sp³-hybridized carbons (Fsp3) is 0.182. The lowest BCUT2D eigenvalue weighted by Gasteiger charge is -2.10. The third-order valence-electron chi connectivity index (χ3n) is 2.25. The number of hydrogen-bond acceptors (Lipinski definition) is 6. The number of rotatable bonds is 4. The highest BCUT2D eigenvalue weighted by atomic mass is 32.1. The first-order chi connectivity index (χ1) is 9.08. The summed E-state index contributed by atoms with van der Waals surface area (Å²) in [6.45, 7) is 1.72. The Morgan fingerprint density at radius 1 is 1.37 bits per heavy atom. The van der Waals surface area contributed by atoms with E-state index in [-0.39, 0.29) is 17.3 Å². The van der Waals surface area contributed by atoms with Crippen molar-refractivity contribution in [1.82, 2.24) is 20.3 Å². The first kappa shape index (κ1) is 13.1. The zero-order chi connectivity index (χ0) is 13.8. The summed E-state index contributed by atoms with van der Waals surface area (Å²) >= 11 is 1.18. The fourth-order valence-corrected chi connectivity index (χ4v) is 2.13. The van der Waals surface area contributed by atoms with Gasteiger partial charge < -0.3 is 10.4 Å². The molecule has 2 aromatic rings. The summed E-state index contributed by atoms with van der Waals surface area (Å²) in [6, 6.07) is -0.396. The van der Waals surface area contributed by atoms with Gasteiger partial charge in [-0.2, -0.15) is 0 Å². The minimum absolute atomic E-state index is 0.0272. The van der Waals surface area contributed by atoms with Gasteiger partial charge in [0.05, 0.1) is 12.2 Å². The number of nitrogens with zero attached hydrogens (tertiary/aromatic N) is 3. The van der Waals surface area contributed by atoms with Gasteiger partial charge in [-0.15, -0.1) is 11.3 Å². The minimum Gasteiger partial charge on any atom is -0.476 e. The molecule has 2 aromatic heterocycles. The largest absolute Gasteiger partial charge is 0.476 e. The van der Waals surface area contributed by atoms with Crippen molar-refractivity contribution in [2.24, 2.45) is 0 Å². The Bertz CT molecular complexity index is 599. The van der Waals surface area contributed by atoms with Gasteiger partial charge in [0.25, 0.3) is 5.91 Å². The molecular formula is C11H10N4O3S. The number of carboxylic acids is 1. The Labute approximate surface area is 112 Å². The van der Waals surface area contributed by atoms with Crippen LogP contribution in [-0.4, -0.2) is 31.9 Å². The number of amides is 1. The molecular weight excluding hydrogens is 268 g/mol. The highest BCUT2D eigenvalue weighted by Crippen LogP contribution is 2.18. The Morgan fingerprint density at radius 2 is 2.16 bits per heavy atom. The van der Waals surface area contributed by atoms with Gasteiger partial charge in [-0.3, -0.25) is 9.78 Å². The van der Waals surface area contributed by atoms with E-state index in [4.69, 9.17) is 5.11 Å². The Balaban J connectivity index is 2.06. The molecule has 2 rings (SSSR count). The van der Waals surface area contributed by atoms with E-state index < -0.39 is 12.0 Å². The van der Waals surface area contributed by atoms with Crippen LogP contribution < -0.4 is 5.32 Å². The summed E-state index contributed by atoms with van der Waals surface area (Å²) in [6.07, 6.45) is 4.25. The van der Waals surface area contributed by atoms with Crippen molar-refractivity contribution in [3.05, 3.63) is 40.4 Å². The molecule has 1 unspecified atom stereocenters. The van der Waals surface area contributed by atoms with E-state index >= 15 is 0 Å². The topological polar surface area (TPSA) is 105 Å². The van der Waals surface area contributed by atoms with Crippen molar-refractivity contribution in [3.8, 4) is 0 Å². The van der Waals surface area contributed by atoms with E-state index in [1.165, 1.54) is 35.3 Å². The highest BCUT2D eigenvalue weighted by Gasteiger charge is 2.17. The molecule has 0 aliphatic carbocycles. The molecule has 0 aromatic carbocycles. The molecule has 0 bridgehead atoms. The quantitative estimate of drug-likeness (QED) is 0.868. The Hall–Kier alpha value is -2.35. The van der Waals surface area contributed by atoms with E-state index in [1.807, 2.05) is 0 Å². The first-order valence-electron chi connectivity index (χ1n) is 5.33. The van der Waals surface area contributed by atoms with Crippen LogP contribution in [0.3, 0.4) is 0 Å². The zero-order valence-corrected chi connectivity index (χ0v) is 10.7. The maximum atomic E-state index is 11.8. The molecule has 8 heteroatoms. The average Bonchev–Trinajstić information content (AvgIpc) is 2.89. The summed E-state index contributed by atoms with van der Waals surface area (Å²) in [4.78, 5) is 34.1. The molecule has 0 aliphatic rings. The Morgan fingerprint density at radius 3 is 2.74 bits per heavy atom. The molecule has 2 heterocycles. The lowest BCUT2D eigenvalue weighted by molar-refractivity contribution is 0.0691. The lowest BCUT2D eigenvalue weighted by Crippen LogP contribution is -2.27. The summed E-state index contributed by atoms with van der Waals surface area (Å²) in [5, 5.41) is 13.4. The van der Waals surface area contributed by atoms with Crippen LogP contribution in [0.4, 0.5) is 0 Å². The van der Waals surface area contributed by atoms with Crippen LogP contribution in [0.5, 0.6) is 0 Å². The summed E-state index contributed by atoms with van der Waals surface area (Å²) in [7, 11) is 0. The number of carbonyl (C=O) groups excluding carboxylic acids is 1. The van der Waals surface area contributed by atoms with Crippen LogP contribution in [-0.2, 0) is 0 Å². The van der Waals surface area contributed by atoms with Gasteiger partial charge in [0, 0.05) is 17.8 Å². The number of carbonyl (C=O) groups is 2. The van der Waals surface area contributed by atoms with Gasteiger partial charge >= 0.3 is 5.97 Å².